The predicted octanol–water partition coefficient (Wildman–Crippen LogP) is 1.71. The Kier molecular flexibility index (Phi) is 5.24. The van der Waals surface area contributed by atoms with E-state index in [0.29, 0.717) is 22.6 Å². The summed E-state index contributed by atoms with van der Waals surface area (Å²) >= 11 is 0. The number of anilines is 1. The van der Waals surface area contributed by atoms with E-state index in [1.54, 1.807) is 42.4 Å². The van der Waals surface area contributed by atoms with Crippen molar-refractivity contribution in [3.63, 3.8) is 0 Å². The molecule has 8 nitrogen and oxygen atoms in total. The fraction of sp³-hybridized carbons (Fsp3) is 0.238. The Bertz CT molecular complexity index is 1190. The lowest BCUT2D eigenvalue weighted by atomic mass is 10.0. The summed E-state index contributed by atoms with van der Waals surface area (Å²) in [5.41, 5.74) is 3.02. The molecule has 148 valence electrons. The highest BCUT2D eigenvalue weighted by molar-refractivity contribution is 6.43. The number of aryl methyl sites for hydroxylation is 1. The van der Waals surface area contributed by atoms with Gasteiger partial charge in [-0.15, -0.1) is 6.42 Å². The Hall–Kier alpha value is -3.86. The summed E-state index contributed by atoms with van der Waals surface area (Å²) in [6, 6.07) is 5.48. The molecule has 29 heavy (non-hydrogen) atoms. The normalized spacial score (nSPS) is 10.6. The molecule has 0 radical (unpaired) electrons. The number of nitrogens with one attached hydrogen (secondary N) is 2. The van der Waals surface area contributed by atoms with Crippen molar-refractivity contribution in [2.24, 2.45) is 14.1 Å². The van der Waals surface area contributed by atoms with Gasteiger partial charge in [-0.05, 0) is 37.6 Å². The lowest BCUT2D eigenvalue weighted by Gasteiger charge is -2.08. The van der Waals surface area contributed by atoms with Gasteiger partial charge in [0.25, 0.3) is 17.6 Å². The highest BCUT2D eigenvalue weighted by Crippen LogP contribution is 2.24. The fourth-order valence-corrected chi connectivity index (χ4v) is 3.39. The molecule has 0 fully saturated rings. The van der Waals surface area contributed by atoms with Gasteiger partial charge in [-0.1, -0.05) is 5.92 Å². The maximum atomic E-state index is 12.9. The highest BCUT2D eigenvalue weighted by atomic mass is 16.2. The SMILES string of the molecule is C#CCNC(=O)C(=O)c1c(C)c(C(=O)Nc2ccc3c(cnn3C)c2)n(C)c1C. The van der Waals surface area contributed by atoms with E-state index in [9.17, 15) is 14.4 Å². The van der Waals surface area contributed by atoms with Gasteiger partial charge in [0.1, 0.15) is 5.69 Å². The molecule has 2 amide bonds. The number of benzene rings is 1. The van der Waals surface area contributed by atoms with Crippen LogP contribution in [-0.4, -0.2) is 38.5 Å². The molecule has 0 aliphatic heterocycles. The lowest BCUT2D eigenvalue weighted by Crippen LogP contribution is -2.31. The van der Waals surface area contributed by atoms with Gasteiger partial charge in [0.2, 0.25) is 0 Å². The van der Waals surface area contributed by atoms with Gasteiger partial charge in [0, 0.05) is 30.9 Å². The number of hydrogen-bond donors (Lipinski definition) is 2. The lowest BCUT2D eigenvalue weighted by molar-refractivity contribution is -0.116. The molecular formula is C21H21N5O3. The van der Waals surface area contributed by atoms with Crippen LogP contribution in [0.3, 0.4) is 0 Å². The number of fused-ring (bicyclic) bond motifs is 1. The van der Waals surface area contributed by atoms with Crippen LogP contribution in [0, 0.1) is 26.2 Å². The minimum absolute atomic E-state index is 0.0420. The summed E-state index contributed by atoms with van der Waals surface area (Å²) in [4.78, 5) is 37.5. The standard InChI is InChI=1S/C21H21N5O3/c1-6-9-22-21(29)19(27)17-12(2)18(25(4)13(17)3)20(28)24-15-7-8-16-14(10-15)11-23-26(16)5/h1,7-8,10-11H,9H2,2-5H3,(H,22,29)(H,24,28). The van der Waals surface area contributed by atoms with E-state index in [4.69, 9.17) is 6.42 Å². The van der Waals surface area contributed by atoms with Gasteiger partial charge in [-0.2, -0.15) is 5.10 Å². The number of rotatable bonds is 5. The fourth-order valence-electron chi connectivity index (χ4n) is 3.39. The van der Waals surface area contributed by atoms with Gasteiger partial charge in [0.05, 0.1) is 23.8 Å². The second-order valence-electron chi connectivity index (χ2n) is 6.70. The third-order valence-electron chi connectivity index (χ3n) is 4.93. The monoisotopic (exact) mass is 391 g/mol. The minimum atomic E-state index is -0.797. The first-order valence-corrected chi connectivity index (χ1v) is 8.91. The maximum absolute atomic E-state index is 12.9. The molecule has 0 aliphatic carbocycles. The molecule has 0 saturated heterocycles. The highest BCUT2D eigenvalue weighted by Gasteiger charge is 2.28. The third-order valence-corrected chi connectivity index (χ3v) is 4.93. The predicted molar refractivity (Wildman–Crippen MR) is 110 cm³/mol. The average Bonchev–Trinajstić information content (AvgIpc) is 3.16. The van der Waals surface area contributed by atoms with E-state index in [1.165, 1.54) is 0 Å². The topological polar surface area (TPSA) is 98.0 Å². The zero-order valence-electron chi connectivity index (χ0n) is 16.7. The number of Topliss-reactive ketones (excluding diaryl/α,β-unsaturated/α-hetero) is 1. The number of hydrogen-bond acceptors (Lipinski definition) is 4. The molecule has 0 spiro atoms. The van der Waals surface area contributed by atoms with Gasteiger partial charge < -0.3 is 15.2 Å². The van der Waals surface area contributed by atoms with Crippen molar-refractivity contribution in [2.75, 3.05) is 11.9 Å². The molecule has 0 bridgehead atoms. The Morgan fingerprint density at radius 2 is 1.93 bits per heavy atom. The average molecular weight is 391 g/mol. The van der Waals surface area contributed by atoms with Crippen molar-refractivity contribution in [2.45, 2.75) is 13.8 Å². The number of ketones is 1. The second kappa shape index (κ2) is 7.64. The van der Waals surface area contributed by atoms with Gasteiger partial charge in [-0.3, -0.25) is 19.1 Å². The van der Waals surface area contributed by atoms with E-state index in [2.05, 4.69) is 21.7 Å². The van der Waals surface area contributed by atoms with Gasteiger partial charge in [-0.25, -0.2) is 0 Å². The third kappa shape index (κ3) is 3.50. The van der Waals surface area contributed by atoms with Crippen LogP contribution in [0.1, 0.15) is 32.1 Å². The van der Waals surface area contributed by atoms with Crippen LogP contribution in [-0.2, 0) is 18.9 Å². The van der Waals surface area contributed by atoms with E-state index in [-0.39, 0.29) is 18.0 Å². The molecule has 0 unspecified atom stereocenters. The van der Waals surface area contributed by atoms with Crippen LogP contribution >= 0.6 is 0 Å². The number of carbonyl (C=O) groups excluding carboxylic acids is 3. The summed E-state index contributed by atoms with van der Waals surface area (Å²) in [5, 5.41) is 10.3. The van der Waals surface area contributed by atoms with Crippen LogP contribution in [0.15, 0.2) is 24.4 Å². The van der Waals surface area contributed by atoms with Crippen LogP contribution in [0.4, 0.5) is 5.69 Å². The largest absolute Gasteiger partial charge is 0.343 e. The van der Waals surface area contributed by atoms with Crippen molar-refractivity contribution in [3.05, 3.63) is 46.9 Å². The number of carbonyl (C=O) groups is 3. The van der Waals surface area contributed by atoms with Crippen LogP contribution in [0.5, 0.6) is 0 Å². The van der Waals surface area contributed by atoms with Crippen LogP contribution in [0.25, 0.3) is 10.9 Å². The molecule has 2 aromatic heterocycles. The molecule has 0 aliphatic rings. The Morgan fingerprint density at radius 3 is 2.62 bits per heavy atom. The van der Waals surface area contributed by atoms with Crippen molar-refractivity contribution in [1.82, 2.24) is 19.7 Å². The summed E-state index contributed by atoms with van der Waals surface area (Å²) < 4.78 is 3.35. The number of aromatic nitrogens is 3. The first kappa shape index (κ1) is 19.9. The smallest absolute Gasteiger partial charge is 0.293 e. The van der Waals surface area contributed by atoms with E-state index in [1.807, 2.05) is 19.2 Å². The van der Waals surface area contributed by atoms with Gasteiger partial charge in [0.15, 0.2) is 0 Å². The summed E-state index contributed by atoms with van der Waals surface area (Å²) in [6.45, 7) is 3.29. The molecule has 8 heteroatoms. The Balaban J connectivity index is 1.91. The maximum Gasteiger partial charge on any atom is 0.293 e. The zero-order chi connectivity index (χ0) is 21.3. The number of amides is 2. The van der Waals surface area contributed by atoms with E-state index in [0.717, 1.165) is 10.9 Å². The molecule has 0 atom stereocenters. The van der Waals surface area contributed by atoms with Gasteiger partial charge >= 0.3 is 0 Å². The van der Waals surface area contributed by atoms with E-state index >= 15 is 0 Å². The molecule has 1 aromatic carbocycles. The van der Waals surface area contributed by atoms with Crippen molar-refractivity contribution in [1.29, 1.82) is 0 Å². The first-order valence-electron chi connectivity index (χ1n) is 8.91. The van der Waals surface area contributed by atoms with Crippen molar-refractivity contribution >= 4 is 34.2 Å². The molecule has 3 rings (SSSR count). The Morgan fingerprint density at radius 1 is 1.21 bits per heavy atom. The van der Waals surface area contributed by atoms with E-state index < -0.39 is 11.7 Å². The summed E-state index contributed by atoms with van der Waals surface area (Å²) in [6.07, 6.45) is 6.83. The first-order chi connectivity index (χ1) is 13.8. The number of nitrogens with zero attached hydrogens (tertiary/aromatic N) is 3. The quantitative estimate of drug-likeness (QED) is 0.393. The summed E-state index contributed by atoms with van der Waals surface area (Å²) in [7, 11) is 3.52. The van der Waals surface area contributed by atoms with Crippen LogP contribution < -0.4 is 10.6 Å². The molecule has 0 saturated carbocycles. The van der Waals surface area contributed by atoms with Crippen molar-refractivity contribution < 1.29 is 14.4 Å². The summed E-state index contributed by atoms with van der Waals surface area (Å²) in [5.74, 6) is 0.357. The number of terminal acetylenes is 1. The molecular weight excluding hydrogens is 370 g/mol. The Labute approximate surface area is 167 Å². The minimum Gasteiger partial charge on any atom is -0.343 e. The molecule has 3 aromatic rings. The molecule has 2 heterocycles. The molecule has 2 N–H and O–H groups in total. The van der Waals surface area contributed by atoms with Crippen molar-refractivity contribution in [3.8, 4) is 12.3 Å². The van der Waals surface area contributed by atoms with Crippen LogP contribution in [0.2, 0.25) is 0 Å². The second-order valence-corrected chi connectivity index (χ2v) is 6.70. The zero-order valence-corrected chi connectivity index (χ0v) is 16.7.